The van der Waals surface area contributed by atoms with Crippen LogP contribution in [0, 0.1) is 0 Å². The molecule has 1 aromatic rings. The van der Waals surface area contributed by atoms with Crippen molar-refractivity contribution in [1.29, 1.82) is 0 Å². The molecule has 0 fully saturated rings. The van der Waals surface area contributed by atoms with Gasteiger partial charge in [0, 0.05) is 6.04 Å². The molecule has 1 aliphatic rings. The van der Waals surface area contributed by atoms with Crippen LogP contribution in [0.15, 0.2) is 72.9 Å². The van der Waals surface area contributed by atoms with Gasteiger partial charge in [0.05, 0.1) is 0 Å². The van der Waals surface area contributed by atoms with Crippen LogP contribution >= 0.6 is 0 Å². The zero-order chi connectivity index (χ0) is 21.1. The monoisotopic (exact) mass is 405 g/mol. The van der Waals surface area contributed by atoms with Gasteiger partial charge in [-0.2, -0.15) is 0 Å². The van der Waals surface area contributed by atoms with Crippen LogP contribution in [0.4, 0.5) is 0 Å². The Balaban J connectivity index is 1.39. The van der Waals surface area contributed by atoms with Crippen molar-refractivity contribution in [3.63, 3.8) is 0 Å². The first-order valence-corrected chi connectivity index (χ1v) is 12.3. The van der Waals surface area contributed by atoms with Crippen LogP contribution in [0.3, 0.4) is 0 Å². The van der Waals surface area contributed by atoms with Crippen molar-refractivity contribution >= 4 is 0 Å². The van der Waals surface area contributed by atoms with Gasteiger partial charge in [-0.25, -0.2) is 0 Å². The highest BCUT2D eigenvalue weighted by molar-refractivity contribution is 5.34. The first kappa shape index (κ1) is 24.4. The summed E-state index contributed by atoms with van der Waals surface area (Å²) in [6.45, 7) is 3.39. The van der Waals surface area contributed by atoms with Crippen LogP contribution in [0.1, 0.15) is 94.7 Å². The van der Waals surface area contributed by atoms with E-state index >= 15 is 0 Å². The van der Waals surface area contributed by atoms with E-state index in [1.807, 2.05) is 0 Å². The van der Waals surface area contributed by atoms with Gasteiger partial charge in [0.25, 0.3) is 0 Å². The summed E-state index contributed by atoms with van der Waals surface area (Å²) < 4.78 is 0. The normalized spacial score (nSPS) is 16.6. The Kier molecular flexibility index (Phi) is 13.7. The van der Waals surface area contributed by atoms with Crippen LogP contribution in [-0.4, -0.2) is 6.54 Å². The predicted octanol–water partition coefficient (Wildman–Crippen LogP) is 8.41. The molecule has 1 nitrogen and oxygen atoms in total. The standard InChI is InChI=1S/C29H43N/c1-2-3-4-5-6-7-8-9-10-11-12-13-14-15-16-17-18-21-26-30-29-25-24-27-22-19-20-23-28(27)29/h6-7,9-10,12-13,15-16,19-20,22-23,29-30H,2-5,8,11,14,17-18,21,24-26H2,1H3/b7-6-,10-9-,13-12-,16-15-. The summed E-state index contributed by atoms with van der Waals surface area (Å²) in [7, 11) is 0. The van der Waals surface area contributed by atoms with Gasteiger partial charge in [0.15, 0.2) is 0 Å². The van der Waals surface area contributed by atoms with E-state index in [2.05, 4.69) is 85.1 Å². The van der Waals surface area contributed by atoms with Crippen LogP contribution in [0.25, 0.3) is 0 Å². The molecular weight excluding hydrogens is 362 g/mol. The average molecular weight is 406 g/mol. The predicted molar refractivity (Wildman–Crippen MR) is 134 cm³/mol. The lowest BCUT2D eigenvalue weighted by Gasteiger charge is -2.13. The second-order valence-corrected chi connectivity index (χ2v) is 8.33. The zero-order valence-corrected chi connectivity index (χ0v) is 19.2. The number of aryl methyl sites for hydroxylation is 1. The molecule has 1 N–H and O–H groups in total. The van der Waals surface area contributed by atoms with Gasteiger partial charge in [0.2, 0.25) is 0 Å². The molecule has 30 heavy (non-hydrogen) atoms. The van der Waals surface area contributed by atoms with Crippen molar-refractivity contribution in [3.05, 3.63) is 84.0 Å². The molecular formula is C29H43N. The summed E-state index contributed by atoms with van der Waals surface area (Å²) in [5.74, 6) is 0. The molecule has 0 radical (unpaired) electrons. The number of unbranched alkanes of at least 4 members (excludes halogenated alkanes) is 5. The van der Waals surface area contributed by atoms with Crippen molar-refractivity contribution in [3.8, 4) is 0 Å². The zero-order valence-electron chi connectivity index (χ0n) is 19.2. The number of hydrogen-bond donors (Lipinski definition) is 1. The largest absolute Gasteiger partial charge is 0.310 e. The molecule has 0 amide bonds. The fraction of sp³-hybridized carbons (Fsp3) is 0.517. The summed E-state index contributed by atoms with van der Waals surface area (Å²) in [5.41, 5.74) is 3.06. The van der Waals surface area contributed by atoms with Crippen LogP contribution in [0.2, 0.25) is 0 Å². The Labute approximate surface area is 186 Å². The van der Waals surface area contributed by atoms with E-state index in [9.17, 15) is 0 Å². The minimum atomic E-state index is 0.581. The lowest BCUT2D eigenvalue weighted by molar-refractivity contribution is 0.513. The van der Waals surface area contributed by atoms with Gasteiger partial charge in [-0.3, -0.25) is 0 Å². The van der Waals surface area contributed by atoms with E-state index in [1.165, 1.54) is 68.9 Å². The lowest BCUT2D eigenvalue weighted by Crippen LogP contribution is -2.20. The van der Waals surface area contributed by atoms with E-state index < -0.39 is 0 Å². The molecule has 2 rings (SSSR count). The quantitative estimate of drug-likeness (QED) is 0.215. The minimum absolute atomic E-state index is 0.581. The van der Waals surface area contributed by atoms with Crippen LogP contribution < -0.4 is 5.32 Å². The first-order chi connectivity index (χ1) is 14.9. The number of allylic oxidation sites excluding steroid dienone is 8. The van der Waals surface area contributed by atoms with E-state index in [-0.39, 0.29) is 0 Å². The average Bonchev–Trinajstić information content (AvgIpc) is 3.18. The van der Waals surface area contributed by atoms with E-state index in [1.54, 1.807) is 0 Å². The SMILES string of the molecule is CCCCC/C=C\C/C=C\C/C=C\C/C=C\CCCCNC1CCc2ccccc21. The summed E-state index contributed by atoms with van der Waals surface area (Å²) in [6, 6.07) is 9.48. The minimum Gasteiger partial charge on any atom is -0.310 e. The third-order valence-electron chi connectivity index (χ3n) is 5.78. The molecule has 1 aromatic carbocycles. The Hall–Kier alpha value is -1.86. The van der Waals surface area contributed by atoms with Gasteiger partial charge in [-0.15, -0.1) is 0 Å². The maximum atomic E-state index is 3.75. The van der Waals surface area contributed by atoms with Crippen molar-refractivity contribution in [2.24, 2.45) is 0 Å². The van der Waals surface area contributed by atoms with Crippen molar-refractivity contribution in [2.45, 2.75) is 90.0 Å². The molecule has 0 aliphatic heterocycles. The molecule has 1 aliphatic carbocycles. The van der Waals surface area contributed by atoms with Crippen LogP contribution in [0.5, 0.6) is 0 Å². The van der Waals surface area contributed by atoms with Crippen LogP contribution in [-0.2, 0) is 6.42 Å². The lowest BCUT2D eigenvalue weighted by atomic mass is 10.1. The highest BCUT2D eigenvalue weighted by atomic mass is 14.9. The molecule has 1 atom stereocenters. The Morgan fingerprint density at radius 3 is 2.03 bits per heavy atom. The number of hydrogen-bond acceptors (Lipinski definition) is 1. The Morgan fingerprint density at radius 2 is 1.37 bits per heavy atom. The van der Waals surface area contributed by atoms with E-state index in [0.717, 1.165) is 25.8 Å². The highest BCUT2D eigenvalue weighted by Crippen LogP contribution is 2.30. The summed E-state index contributed by atoms with van der Waals surface area (Å²) in [6.07, 6.45) is 33.0. The molecule has 0 saturated heterocycles. The molecule has 0 bridgehead atoms. The topological polar surface area (TPSA) is 12.0 Å². The molecule has 0 aromatic heterocycles. The van der Waals surface area contributed by atoms with Gasteiger partial charge in [-0.1, -0.05) is 92.6 Å². The maximum Gasteiger partial charge on any atom is 0.0326 e. The van der Waals surface area contributed by atoms with Crippen molar-refractivity contribution < 1.29 is 0 Å². The smallest absolute Gasteiger partial charge is 0.0326 e. The number of nitrogens with one attached hydrogen (secondary N) is 1. The number of rotatable bonds is 16. The Morgan fingerprint density at radius 1 is 0.767 bits per heavy atom. The fourth-order valence-corrected chi connectivity index (χ4v) is 3.99. The van der Waals surface area contributed by atoms with Crippen molar-refractivity contribution in [1.82, 2.24) is 5.32 Å². The Bertz CT molecular complexity index is 665. The third-order valence-corrected chi connectivity index (χ3v) is 5.78. The molecule has 0 saturated carbocycles. The summed E-state index contributed by atoms with van der Waals surface area (Å²) in [5, 5.41) is 3.75. The third kappa shape index (κ3) is 10.8. The van der Waals surface area contributed by atoms with Gasteiger partial charge < -0.3 is 5.32 Å². The van der Waals surface area contributed by atoms with E-state index in [0.29, 0.717) is 6.04 Å². The molecule has 164 valence electrons. The number of benzene rings is 1. The van der Waals surface area contributed by atoms with Gasteiger partial charge in [0.1, 0.15) is 0 Å². The molecule has 1 heteroatoms. The van der Waals surface area contributed by atoms with Gasteiger partial charge in [-0.05, 0) is 81.9 Å². The molecule has 0 heterocycles. The fourth-order valence-electron chi connectivity index (χ4n) is 3.99. The first-order valence-electron chi connectivity index (χ1n) is 12.3. The molecule has 1 unspecified atom stereocenters. The summed E-state index contributed by atoms with van der Waals surface area (Å²) >= 11 is 0. The summed E-state index contributed by atoms with van der Waals surface area (Å²) in [4.78, 5) is 0. The second-order valence-electron chi connectivity index (χ2n) is 8.33. The highest BCUT2D eigenvalue weighted by Gasteiger charge is 2.20. The van der Waals surface area contributed by atoms with E-state index in [4.69, 9.17) is 0 Å². The second kappa shape index (κ2) is 16.9. The number of fused-ring (bicyclic) bond motifs is 1. The molecule has 0 spiro atoms. The van der Waals surface area contributed by atoms with Gasteiger partial charge >= 0.3 is 0 Å². The van der Waals surface area contributed by atoms with Crippen molar-refractivity contribution in [2.75, 3.05) is 6.54 Å². The maximum absolute atomic E-state index is 3.75.